The molecule has 1 rings (SSSR count). The van der Waals surface area contributed by atoms with E-state index in [1.807, 2.05) is 19.1 Å². The number of hydrogen-bond acceptors (Lipinski definition) is 3. The van der Waals surface area contributed by atoms with E-state index >= 15 is 0 Å². The lowest BCUT2D eigenvalue weighted by atomic mass is 9.93. The van der Waals surface area contributed by atoms with E-state index in [4.69, 9.17) is 0 Å². The second-order valence-corrected chi connectivity index (χ2v) is 5.44. The van der Waals surface area contributed by atoms with E-state index in [0.29, 0.717) is 6.42 Å². The van der Waals surface area contributed by atoms with Gasteiger partial charge in [0, 0.05) is 23.5 Å². The molecule has 1 aromatic rings. The van der Waals surface area contributed by atoms with Gasteiger partial charge in [0.25, 0.3) is 0 Å². The third-order valence-corrected chi connectivity index (χ3v) is 2.55. The Hall–Kier alpha value is -0.930. The van der Waals surface area contributed by atoms with Gasteiger partial charge in [-0.3, -0.25) is 4.98 Å². The van der Waals surface area contributed by atoms with Crippen LogP contribution in [0.15, 0.2) is 24.5 Å². The molecule has 0 aliphatic heterocycles. The zero-order chi connectivity index (χ0) is 12.2. The molecule has 0 saturated heterocycles. The van der Waals surface area contributed by atoms with Crippen molar-refractivity contribution in [3.63, 3.8) is 0 Å². The van der Waals surface area contributed by atoms with Gasteiger partial charge in [-0.05, 0) is 46.7 Å². The SMILES string of the molecule is CC(C)(C)NCCC(C)(O)c1cccnc1. The number of aromatic nitrogens is 1. The third-order valence-electron chi connectivity index (χ3n) is 2.55. The van der Waals surface area contributed by atoms with Crippen LogP contribution in [0.25, 0.3) is 0 Å². The summed E-state index contributed by atoms with van der Waals surface area (Å²) in [5, 5.41) is 13.7. The maximum atomic E-state index is 10.3. The Morgan fingerprint density at radius 2 is 2.00 bits per heavy atom. The standard InChI is InChI=1S/C13H22N2O/c1-12(2,3)15-9-7-13(4,16)11-6-5-8-14-10-11/h5-6,8,10,15-16H,7,9H2,1-4H3. The van der Waals surface area contributed by atoms with Crippen molar-refractivity contribution in [1.29, 1.82) is 0 Å². The predicted molar refractivity (Wildman–Crippen MR) is 66.2 cm³/mol. The first-order valence-electron chi connectivity index (χ1n) is 5.69. The summed E-state index contributed by atoms with van der Waals surface area (Å²) in [4.78, 5) is 4.03. The van der Waals surface area contributed by atoms with Crippen molar-refractivity contribution in [2.75, 3.05) is 6.54 Å². The number of nitrogens with one attached hydrogen (secondary N) is 1. The second kappa shape index (κ2) is 4.93. The van der Waals surface area contributed by atoms with Gasteiger partial charge in [0.15, 0.2) is 0 Å². The number of rotatable bonds is 4. The lowest BCUT2D eigenvalue weighted by molar-refractivity contribution is 0.0460. The Morgan fingerprint density at radius 1 is 1.31 bits per heavy atom. The zero-order valence-electron chi connectivity index (χ0n) is 10.6. The topological polar surface area (TPSA) is 45.1 Å². The predicted octanol–water partition coefficient (Wildman–Crippen LogP) is 2.07. The van der Waals surface area contributed by atoms with Crippen LogP contribution in [0.1, 0.15) is 39.7 Å². The van der Waals surface area contributed by atoms with E-state index in [1.54, 1.807) is 12.4 Å². The average Bonchev–Trinajstić information content (AvgIpc) is 2.17. The fraction of sp³-hybridized carbons (Fsp3) is 0.615. The van der Waals surface area contributed by atoms with Gasteiger partial charge < -0.3 is 10.4 Å². The lowest BCUT2D eigenvalue weighted by Crippen LogP contribution is -2.39. The van der Waals surface area contributed by atoms with Crippen LogP contribution in [0.2, 0.25) is 0 Å². The summed E-state index contributed by atoms with van der Waals surface area (Å²) in [5.74, 6) is 0. The molecule has 0 bridgehead atoms. The highest BCUT2D eigenvalue weighted by Gasteiger charge is 2.23. The van der Waals surface area contributed by atoms with Crippen LogP contribution in [0.3, 0.4) is 0 Å². The molecule has 0 fully saturated rings. The van der Waals surface area contributed by atoms with Gasteiger partial charge in [0.1, 0.15) is 0 Å². The highest BCUT2D eigenvalue weighted by atomic mass is 16.3. The Labute approximate surface area is 97.9 Å². The van der Waals surface area contributed by atoms with Gasteiger partial charge in [-0.1, -0.05) is 6.07 Å². The van der Waals surface area contributed by atoms with Crippen molar-refractivity contribution < 1.29 is 5.11 Å². The summed E-state index contributed by atoms with van der Waals surface area (Å²) >= 11 is 0. The largest absolute Gasteiger partial charge is 0.385 e. The van der Waals surface area contributed by atoms with Gasteiger partial charge in [-0.15, -0.1) is 0 Å². The average molecular weight is 222 g/mol. The summed E-state index contributed by atoms with van der Waals surface area (Å²) in [6, 6.07) is 3.76. The fourth-order valence-corrected chi connectivity index (χ4v) is 1.51. The molecule has 0 radical (unpaired) electrons. The Kier molecular flexibility index (Phi) is 4.05. The van der Waals surface area contributed by atoms with Crippen molar-refractivity contribution in [2.24, 2.45) is 0 Å². The minimum atomic E-state index is -0.813. The Morgan fingerprint density at radius 3 is 2.50 bits per heavy atom. The van der Waals surface area contributed by atoms with Crippen LogP contribution >= 0.6 is 0 Å². The summed E-state index contributed by atoms with van der Waals surface area (Å²) in [6.07, 6.45) is 4.11. The first-order valence-corrected chi connectivity index (χ1v) is 5.69. The Bertz CT molecular complexity index is 314. The van der Waals surface area contributed by atoms with Crippen molar-refractivity contribution in [3.8, 4) is 0 Å². The van der Waals surface area contributed by atoms with Crippen molar-refractivity contribution >= 4 is 0 Å². The van der Waals surface area contributed by atoms with Crippen LogP contribution < -0.4 is 5.32 Å². The van der Waals surface area contributed by atoms with Crippen molar-refractivity contribution in [2.45, 2.75) is 45.3 Å². The monoisotopic (exact) mass is 222 g/mol. The quantitative estimate of drug-likeness (QED) is 0.819. The van der Waals surface area contributed by atoms with Crippen LogP contribution in [0.5, 0.6) is 0 Å². The van der Waals surface area contributed by atoms with E-state index in [0.717, 1.165) is 12.1 Å². The molecule has 0 aliphatic carbocycles. The summed E-state index contributed by atoms with van der Waals surface area (Å²) in [6.45, 7) is 8.96. The van der Waals surface area contributed by atoms with E-state index < -0.39 is 5.60 Å². The normalized spacial score (nSPS) is 15.8. The maximum Gasteiger partial charge on any atom is 0.0895 e. The number of pyridine rings is 1. The van der Waals surface area contributed by atoms with Gasteiger partial charge >= 0.3 is 0 Å². The summed E-state index contributed by atoms with van der Waals surface area (Å²) in [5.41, 5.74) is 0.142. The number of hydrogen-bond donors (Lipinski definition) is 2. The zero-order valence-corrected chi connectivity index (χ0v) is 10.6. The van der Waals surface area contributed by atoms with Gasteiger partial charge in [0.2, 0.25) is 0 Å². The molecule has 0 amide bonds. The molecule has 2 N–H and O–H groups in total. The molecular formula is C13H22N2O. The molecule has 3 nitrogen and oxygen atoms in total. The first kappa shape index (κ1) is 13.1. The molecule has 0 spiro atoms. The lowest BCUT2D eigenvalue weighted by Gasteiger charge is -2.27. The second-order valence-electron chi connectivity index (χ2n) is 5.44. The maximum absolute atomic E-state index is 10.3. The molecule has 0 saturated carbocycles. The molecule has 1 aromatic heterocycles. The molecule has 90 valence electrons. The van der Waals surface area contributed by atoms with E-state index in [9.17, 15) is 5.11 Å². The fourth-order valence-electron chi connectivity index (χ4n) is 1.51. The number of aliphatic hydroxyl groups is 1. The van der Waals surface area contributed by atoms with E-state index in [-0.39, 0.29) is 5.54 Å². The molecule has 16 heavy (non-hydrogen) atoms. The molecule has 3 heteroatoms. The molecule has 1 unspecified atom stereocenters. The van der Waals surface area contributed by atoms with Crippen LogP contribution in [-0.4, -0.2) is 22.2 Å². The Balaban J connectivity index is 2.53. The van der Waals surface area contributed by atoms with Crippen molar-refractivity contribution in [1.82, 2.24) is 10.3 Å². The molecule has 0 aliphatic rings. The molecule has 0 aromatic carbocycles. The molecule has 1 heterocycles. The highest BCUT2D eigenvalue weighted by molar-refractivity contribution is 5.16. The van der Waals surface area contributed by atoms with E-state index in [1.165, 1.54) is 0 Å². The smallest absolute Gasteiger partial charge is 0.0895 e. The van der Waals surface area contributed by atoms with Crippen molar-refractivity contribution in [3.05, 3.63) is 30.1 Å². The molecular weight excluding hydrogens is 200 g/mol. The molecule has 1 atom stereocenters. The van der Waals surface area contributed by atoms with E-state index in [2.05, 4.69) is 31.1 Å². The third kappa shape index (κ3) is 4.29. The van der Waals surface area contributed by atoms with Crippen LogP contribution in [-0.2, 0) is 5.60 Å². The summed E-state index contributed by atoms with van der Waals surface area (Å²) in [7, 11) is 0. The minimum absolute atomic E-state index is 0.0883. The minimum Gasteiger partial charge on any atom is -0.385 e. The van der Waals surface area contributed by atoms with Gasteiger partial charge in [0.05, 0.1) is 5.60 Å². The van der Waals surface area contributed by atoms with Crippen LogP contribution in [0, 0.1) is 0 Å². The number of nitrogens with zero attached hydrogens (tertiary/aromatic N) is 1. The van der Waals surface area contributed by atoms with Gasteiger partial charge in [-0.25, -0.2) is 0 Å². The van der Waals surface area contributed by atoms with Gasteiger partial charge in [-0.2, -0.15) is 0 Å². The summed E-state index contributed by atoms with van der Waals surface area (Å²) < 4.78 is 0. The first-order chi connectivity index (χ1) is 7.31. The van der Waals surface area contributed by atoms with Crippen LogP contribution in [0.4, 0.5) is 0 Å². The highest BCUT2D eigenvalue weighted by Crippen LogP contribution is 2.22.